The molecule has 0 aromatic heterocycles. The average molecular weight is 261 g/mol. The molecule has 0 radical (unpaired) electrons. The Labute approximate surface area is 101 Å². The van der Waals surface area contributed by atoms with Gasteiger partial charge in [0.05, 0.1) is 12.4 Å². The maximum Gasteiger partial charge on any atom is 0.209 e. The third kappa shape index (κ3) is 5.65. The highest BCUT2D eigenvalue weighted by Gasteiger charge is 2.24. The highest BCUT2D eigenvalue weighted by Crippen LogP contribution is 2.20. The van der Waals surface area contributed by atoms with Crippen LogP contribution in [-0.4, -0.2) is 20.8 Å². The second kappa shape index (κ2) is 5.01. The fourth-order valence-electron chi connectivity index (χ4n) is 1.40. The molecule has 0 saturated carbocycles. The Hall–Kier alpha value is -1.14. The molecule has 0 fully saturated rings. The van der Waals surface area contributed by atoms with Gasteiger partial charge in [0.2, 0.25) is 10.0 Å². The molecule has 0 atom stereocenters. The largest absolute Gasteiger partial charge is 0.493 e. The van der Waals surface area contributed by atoms with Crippen LogP contribution in [0, 0.1) is 11.2 Å². The average Bonchev–Trinajstić information content (AvgIpc) is 2.13. The summed E-state index contributed by atoms with van der Waals surface area (Å²) in [6.07, 6.45) is 0. The van der Waals surface area contributed by atoms with Crippen LogP contribution in [0.4, 0.5) is 4.39 Å². The third-order valence-electron chi connectivity index (χ3n) is 2.04. The van der Waals surface area contributed by atoms with Crippen molar-refractivity contribution in [1.29, 1.82) is 0 Å². The number of primary sulfonamides is 1. The first-order valence-corrected chi connectivity index (χ1v) is 6.78. The Bertz CT molecular complexity index is 468. The molecule has 17 heavy (non-hydrogen) atoms. The van der Waals surface area contributed by atoms with Gasteiger partial charge in [-0.2, -0.15) is 0 Å². The van der Waals surface area contributed by atoms with Gasteiger partial charge in [-0.05, 0) is 24.3 Å². The third-order valence-corrected chi connectivity index (χ3v) is 3.22. The van der Waals surface area contributed by atoms with Crippen molar-refractivity contribution in [3.63, 3.8) is 0 Å². The summed E-state index contributed by atoms with van der Waals surface area (Å²) in [7, 11) is -3.53. The quantitative estimate of drug-likeness (QED) is 0.873. The zero-order chi connectivity index (χ0) is 13.1. The topological polar surface area (TPSA) is 69.4 Å². The van der Waals surface area contributed by atoms with E-state index in [4.69, 9.17) is 9.88 Å². The molecule has 1 aromatic rings. The number of halogens is 1. The highest BCUT2D eigenvalue weighted by atomic mass is 32.2. The summed E-state index contributed by atoms with van der Waals surface area (Å²) in [4.78, 5) is 0. The van der Waals surface area contributed by atoms with E-state index in [1.807, 2.05) is 0 Å². The maximum atomic E-state index is 12.6. The van der Waals surface area contributed by atoms with E-state index in [-0.39, 0.29) is 18.2 Å². The van der Waals surface area contributed by atoms with Crippen molar-refractivity contribution in [3.05, 3.63) is 30.1 Å². The molecule has 0 aliphatic heterocycles. The molecule has 6 heteroatoms. The van der Waals surface area contributed by atoms with Crippen molar-refractivity contribution < 1.29 is 17.5 Å². The molecule has 0 saturated heterocycles. The van der Waals surface area contributed by atoms with Gasteiger partial charge in [0, 0.05) is 5.41 Å². The highest BCUT2D eigenvalue weighted by molar-refractivity contribution is 7.89. The van der Waals surface area contributed by atoms with Gasteiger partial charge in [0.15, 0.2) is 0 Å². The number of hydrogen-bond donors (Lipinski definition) is 1. The molecular weight excluding hydrogens is 245 g/mol. The number of nitrogens with two attached hydrogens (primary N) is 1. The first-order chi connectivity index (χ1) is 7.68. The molecule has 0 aliphatic carbocycles. The summed E-state index contributed by atoms with van der Waals surface area (Å²) >= 11 is 0. The van der Waals surface area contributed by atoms with Crippen LogP contribution in [0.2, 0.25) is 0 Å². The second-order valence-corrected chi connectivity index (χ2v) is 6.33. The predicted octanol–water partition coefficient (Wildman–Crippen LogP) is 1.52. The van der Waals surface area contributed by atoms with Gasteiger partial charge < -0.3 is 4.74 Å². The van der Waals surface area contributed by atoms with Gasteiger partial charge in [0.1, 0.15) is 11.6 Å². The van der Waals surface area contributed by atoms with E-state index in [0.29, 0.717) is 5.75 Å². The van der Waals surface area contributed by atoms with Crippen LogP contribution in [0.3, 0.4) is 0 Å². The van der Waals surface area contributed by atoms with Gasteiger partial charge in [-0.15, -0.1) is 0 Å². The number of benzene rings is 1. The molecular formula is C11H16FNO3S. The molecule has 1 rings (SSSR count). The molecule has 0 heterocycles. The minimum atomic E-state index is -3.53. The predicted molar refractivity (Wildman–Crippen MR) is 63.7 cm³/mol. The Morgan fingerprint density at radius 1 is 1.29 bits per heavy atom. The van der Waals surface area contributed by atoms with E-state index in [1.54, 1.807) is 13.8 Å². The summed E-state index contributed by atoms with van der Waals surface area (Å²) in [5, 5.41) is 4.98. The zero-order valence-electron chi connectivity index (χ0n) is 9.81. The van der Waals surface area contributed by atoms with Crippen molar-refractivity contribution in [2.45, 2.75) is 13.8 Å². The number of rotatable bonds is 5. The van der Waals surface area contributed by atoms with Crippen molar-refractivity contribution in [1.82, 2.24) is 0 Å². The smallest absolute Gasteiger partial charge is 0.209 e. The van der Waals surface area contributed by atoms with E-state index in [0.717, 1.165) is 0 Å². The number of hydrogen-bond acceptors (Lipinski definition) is 3. The number of ether oxygens (including phenoxy) is 1. The lowest BCUT2D eigenvalue weighted by molar-refractivity contribution is 0.199. The van der Waals surface area contributed by atoms with Gasteiger partial charge in [-0.3, -0.25) is 0 Å². The lowest BCUT2D eigenvalue weighted by Gasteiger charge is -2.23. The molecule has 96 valence electrons. The molecule has 4 nitrogen and oxygen atoms in total. The fraction of sp³-hybridized carbons (Fsp3) is 0.455. The minimum absolute atomic E-state index is 0.165. The normalized spacial score (nSPS) is 12.5. The van der Waals surface area contributed by atoms with Crippen LogP contribution in [0.25, 0.3) is 0 Å². The first-order valence-electron chi connectivity index (χ1n) is 5.07. The van der Waals surface area contributed by atoms with Crippen LogP contribution in [0.1, 0.15) is 13.8 Å². The van der Waals surface area contributed by atoms with E-state index < -0.39 is 15.4 Å². The minimum Gasteiger partial charge on any atom is -0.493 e. The molecule has 1 aromatic carbocycles. The summed E-state index contributed by atoms with van der Waals surface area (Å²) in [5.74, 6) is -0.0173. The monoisotopic (exact) mass is 261 g/mol. The summed E-state index contributed by atoms with van der Waals surface area (Å²) in [6, 6.07) is 5.54. The molecule has 0 amide bonds. The van der Waals surface area contributed by atoms with Crippen LogP contribution in [0.5, 0.6) is 5.75 Å². The second-order valence-electron chi connectivity index (χ2n) is 4.71. The Morgan fingerprint density at radius 3 is 2.29 bits per heavy atom. The fourth-order valence-corrected chi connectivity index (χ4v) is 2.57. The zero-order valence-corrected chi connectivity index (χ0v) is 10.6. The maximum absolute atomic E-state index is 12.6. The lowest BCUT2D eigenvalue weighted by Crippen LogP contribution is -2.33. The lowest BCUT2D eigenvalue weighted by atomic mass is 9.98. The molecule has 2 N–H and O–H groups in total. The van der Waals surface area contributed by atoms with Gasteiger partial charge >= 0.3 is 0 Å². The van der Waals surface area contributed by atoms with E-state index in [9.17, 15) is 12.8 Å². The van der Waals surface area contributed by atoms with Gasteiger partial charge in [-0.1, -0.05) is 13.8 Å². The Kier molecular flexibility index (Phi) is 4.11. The Balaban J connectivity index is 2.58. The van der Waals surface area contributed by atoms with E-state index in [2.05, 4.69) is 0 Å². The summed E-state index contributed by atoms with van der Waals surface area (Å²) in [5.41, 5.74) is -0.595. The van der Waals surface area contributed by atoms with Crippen LogP contribution < -0.4 is 9.88 Å². The van der Waals surface area contributed by atoms with Gasteiger partial charge in [0.25, 0.3) is 0 Å². The van der Waals surface area contributed by atoms with Crippen molar-refractivity contribution in [2.24, 2.45) is 10.6 Å². The van der Waals surface area contributed by atoms with Gasteiger partial charge in [-0.25, -0.2) is 17.9 Å². The summed E-state index contributed by atoms with van der Waals surface area (Å²) < 4.78 is 40.0. The van der Waals surface area contributed by atoms with E-state index >= 15 is 0 Å². The SMILES string of the molecule is CC(C)(COc1ccc(F)cc1)CS(N)(=O)=O. The molecule has 0 unspecified atom stereocenters. The van der Waals surface area contributed by atoms with Crippen molar-refractivity contribution in [3.8, 4) is 5.75 Å². The van der Waals surface area contributed by atoms with Crippen LogP contribution in [0.15, 0.2) is 24.3 Å². The molecule has 0 aliphatic rings. The number of sulfonamides is 1. The van der Waals surface area contributed by atoms with E-state index in [1.165, 1.54) is 24.3 Å². The Morgan fingerprint density at radius 2 is 1.82 bits per heavy atom. The standard InChI is InChI=1S/C11H16FNO3S/c1-11(2,8-17(13,14)15)7-16-10-5-3-9(12)4-6-10/h3-6H,7-8H2,1-2H3,(H2,13,14,15). The molecule has 0 spiro atoms. The summed E-state index contributed by atoms with van der Waals surface area (Å²) in [6.45, 7) is 3.66. The van der Waals surface area contributed by atoms with Crippen molar-refractivity contribution in [2.75, 3.05) is 12.4 Å². The van der Waals surface area contributed by atoms with Crippen molar-refractivity contribution >= 4 is 10.0 Å². The van der Waals surface area contributed by atoms with Crippen LogP contribution in [-0.2, 0) is 10.0 Å². The van der Waals surface area contributed by atoms with Crippen LogP contribution >= 0.6 is 0 Å². The molecule has 0 bridgehead atoms. The first kappa shape index (κ1) is 13.9.